The lowest BCUT2D eigenvalue weighted by molar-refractivity contribution is -0.135. The zero-order valence-corrected chi connectivity index (χ0v) is 7.06. The van der Waals surface area contributed by atoms with Crippen LogP contribution in [0.15, 0.2) is 0 Å². The van der Waals surface area contributed by atoms with Crippen LogP contribution in [0.2, 0.25) is 0 Å². The molecule has 0 rings (SSSR count). The van der Waals surface area contributed by atoms with Gasteiger partial charge < -0.3 is 20.0 Å². The highest BCUT2D eigenvalue weighted by molar-refractivity contribution is 7.52. The minimum atomic E-state index is -4.32. The summed E-state index contributed by atoms with van der Waals surface area (Å²) in [5, 5.41) is 15.2. The summed E-state index contributed by atoms with van der Waals surface area (Å²) >= 11 is 0. The van der Waals surface area contributed by atoms with E-state index in [1.165, 1.54) is 0 Å². The Morgan fingerprint density at radius 2 is 1.50 bits per heavy atom. The minimum Gasteiger partial charge on any atom is -0.481 e. The summed E-state index contributed by atoms with van der Waals surface area (Å²) in [6, 6.07) is 0. The van der Waals surface area contributed by atoms with Crippen LogP contribution in [-0.2, 0) is 14.2 Å². The van der Waals surface area contributed by atoms with Gasteiger partial charge in [-0.25, -0.2) is 0 Å². The minimum absolute atomic E-state index is 0.833. The third-order valence-corrected chi connectivity index (χ3v) is 1.02. The molecule has 0 aromatic carbocycles. The van der Waals surface area contributed by atoms with Crippen LogP contribution in [-0.4, -0.2) is 38.1 Å². The van der Waals surface area contributed by atoms with Gasteiger partial charge in [0.2, 0.25) is 0 Å². The van der Waals surface area contributed by atoms with Crippen molar-refractivity contribution in [3.63, 3.8) is 0 Å². The van der Waals surface area contributed by atoms with Crippen molar-refractivity contribution in [3.05, 3.63) is 0 Å². The molecule has 12 heavy (non-hydrogen) atoms. The number of hydrogen-bond acceptors (Lipinski definition) is 3. The first-order valence-electron chi connectivity index (χ1n) is 2.61. The fourth-order valence-corrected chi connectivity index (χ4v) is 0.529. The topological polar surface area (TPSA) is 132 Å². The molecule has 72 valence electrons. The summed E-state index contributed by atoms with van der Waals surface area (Å²) in [7, 11) is -4.32. The normalized spacial score (nSPS) is 9.58. The van der Waals surface area contributed by atoms with Crippen molar-refractivity contribution in [1.82, 2.24) is 0 Å². The first-order valence-corrected chi connectivity index (χ1v) is 4.41. The van der Waals surface area contributed by atoms with Crippen LogP contribution in [0.5, 0.6) is 0 Å². The van der Waals surface area contributed by atoms with E-state index in [4.69, 9.17) is 24.8 Å². The van der Waals surface area contributed by atoms with Crippen LogP contribution in [0.25, 0.3) is 0 Å². The smallest absolute Gasteiger partial charge is 0.336 e. The van der Waals surface area contributed by atoms with Gasteiger partial charge in [-0.1, -0.05) is 0 Å². The van der Waals surface area contributed by atoms with Crippen molar-refractivity contribution in [2.45, 2.75) is 6.92 Å². The van der Waals surface area contributed by atoms with Crippen molar-refractivity contribution in [2.75, 3.05) is 6.16 Å². The molecule has 0 aliphatic carbocycles. The fraction of sp³-hybridized carbons (Fsp3) is 0.500. The summed E-state index contributed by atoms with van der Waals surface area (Å²) < 4.78 is 9.76. The average Bonchev–Trinajstić information content (AvgIpc) is 1.52. The van der Waals surface area contributed by atoms with Crippen LogP contribution in [0.1, 0.15) is 6.92 Å². The molecule has 0 atom stereocenters. The second-order valence-electron chi connectivity index (χ2n) is 1.74. The molecule has 0 fully saturated rings. The van der Waals surface area contributed by atoms with Gasteiger partial charge >= 0.3 is 13.6 Å². The van der Waals surface area contributed by atoms with Gasteiger partial charge in [0.1, 0.15) is 6.16 Å². The molecular weight excluding hydrogens is 191 g/mol. The van der Waals surface area contributed by atoms with E-state index in [1.807, 2.05) is 0 Å². The first kappa shape index (κ1) is 13.7. The maximum atomic E-state index is 9.76. The number of rotatable bonds is 2. The van der Waals surface area contributed by atoms with Gasteiger partial charge in [-0.05, 0) is 0 Å². The Kier molecular flexibility index (Phi) is 6.49. The molecule has 7 nitrogen and oxygen atoms in total. The van der Waals surface area contributed by atoms with Crippen molar-refractivity contribution in [3.8, 4) is 0 Å². The lowest BCUT2D eigenvalue weighted by Crippen LogP contribution is -2.01. The molecule has 0 spiro atoms. The number of carboxylic acids is 2. The Bertz CT molecular complexity index is 199. The third kappa shape index (κ3) is 35.6. The van der Waals surface area contributed by atoms with E-state index in [0.717, 1.165) is 6.92 Å². The molecule has 8 heteroatoms. The molecule has 0 unspecified atom stereocenters. The van der Waals surface area contributed by atoms with E-state index in [1.54, 1.807) is 0 Å². The van der Waals surface area contributed by atoms with Crippen molar-refractivity contribution in [2.24, 2.45) is 0 Å². The van der Waals surface area contributed by atoms with Gasteiger partial charge in [-0.3, -0.25) is 14.2 Å². The Morgan fingerprint density at radius 1 is 1.25 bits per heavy atom. The Labute approximate surface area is 67.8 Å². The highest BCUT2D eigenvalue weighted by Gasteiger charge is 2.17. The lowest BCUT2D eigenvalue weighted by Gasteiger charge is -1.95. The predicted molar refractivity (Wildman–Crippen MR) is 37.9 cm³/mol. The molecule has 0 aliphatic heterocycles. The molecule has 0 amide bonds. The molecule has 0 saturated heterocycles. The third-order valence-electron chi connectivity index (χ3n) is 0.341. The first-order chi connectivity index (χ1) is 5.15. The molecule has 0 bridgehead atoms. The van der Waals surface area contributed by atoms with Gasteiger partial charge in [0.15, 0.2) is 0 Å². The van der Waals surface area contributed by atoms with Crippen LogP contribution in [0.3, 0.4) is 0 Å². The Balaban J connectivity index is 0. The lowest BCUT2D eigenvalue weighted by atomic mass is 10.8. The number of aliphatic carboxylic acids is 2. The number of carbonyl (C=O) groups is 2. The van der Waals surface area contributed by atoms with Crippen LogP contribution in [0, 0.1) is 0 Å². The maximum Gasteiger partial charge on any atom is 0.336 e. The van der Waals surface area contributed by atoms with Crippen molar-refractivity contribution in [1.29, 1.82) is 0 Å². The van der Waals surface area contributed by atoms with E-state index in [9.17, 15) is 9.36 Å². The van der Waals surface area contributed by atoms with Gasteiger partial charge in [-0.2, -0.15) is 0 Å². The standard InChI is InChI=1S/C2H5O5P.C2H4O2/c3-2(4)1-8(5,6)7;1-2(3)4/h1H2,(H,3,4)(H2,5,6,7);1H3,(H,3,4). The van der Waals surface area contributed by atoms with Gasteiger partial charge in [0, 0.05) is 6.92 Å². The van der Waals surface area contributed by atoms with Gasteiger partial charge in [0.25, 0.3) is 5.97 Å². The van der Waals surface area contributed by atoms with Crippen LogP contribution in [0.4, 0.5) is 0 Å². The zero-order chi connectivity index (χ0) is 10.4. The van der Waals surface area contributed by atoms with Gasteiger partial charge in [0.05, 0.1) is 0 Å². The predicted octanol–water partition coefficient (Wildman–Crippen LogP) is -0.660. The Morgan fingerprint density at radius 3 is 1.50 bits per heavy atom. The van der Waals surface area contributed by atoms with Crippen LogP contribution >= 0.6 is 7.60 Å². The molecule has 0 aromatic rings. The summed E-state index contributed by atoms with van der Waals surface area (Å²) in [5.74, 6) is -2.32. The number of carboxylic acid groups (broad SMARTS) is 2. The molecule has 0 aromatic heterocycles. The van der Waals surface area contributed by atoms with Crippen molar-refractivity contribution >= 4 is 19.5 Å². The molecule has 0 radical (unpaired) electrons. The molecule has 0 saturated carbocycles. The molecule has 0 aliphatic rings. The van der Waals surface area contributed by atoms with Crippen LogP contribution < -0.4 is 0 Å². The monoisotopic (exact) mass is 200 g/mol. The molecule has 4 N–H and O–H groups in total. The average molecular weight is 200 g/mol. The largest absolute Gasteiger partial charge is 0.481 e. The second kappa shape index (κ2) is 5.70. The zero-order valence-electron chi connectivity index (χ0n) is 6.17. The summed E-state index contributed by atoms with van der Waals surface area (Å²) in [6.45, 7) is 1.08. The SMILES string of the molecule is CC(=O)O.O=C(O)CP(=O)(O)O. The van der Waals surface area contributed by atoms with E-state index in [2.05, 4.69) is 0 Å². The van der Waals surface area contributed by atoms with E-state index >= 15 is 0 Å². The van der Waals surface area contributed by atoms with Crippen molar-refractivity contribution < 1.29 is 34.2 Å². The number of hydrogen-bond donors (Lipinski definition) is 4. The second-order valence-corrected chi connectivity index (χ2v) is 3.38. The van der Waals surface area contributed by atoms with E-state index in [0.29, 0.717) is 0 Å². The maximum absolute atomic E-state index is 9.76. The Hall–Kier alpha value is -0.910. The summed E-state index contributed by atoms with van der Waals surface area (Å²) in [6.07, 6.45) is -1.09. The highest BCUT2D eigenvalue weighted by atomic mass is 31.2. The molecule has 0 heterocycles. The highest BCUT2D eigenvalue weighted by Crippen LogP contribution is 2.33. The van der Waals surface area contributed by atoms with Gasteiger partial charge in [-0.15, -0.1) is 0 Å². The fourth-order valence-electron chi connectivity index (χ4n) is 0.176. The quantitative estimate of drug-likeness (QED) is 0.435. The molecular formula is C4H9O7P. The summed E-state index contributed by atoms with van der Waals surface area (Å²) in [5.41, 5.74) is 0. The van der Waals surface area contributed by atoms with E-state index < -0.39 is 25.7 Å². The summed E-state index contributed by atoms with van der Waals surface area (Å²) in [4.78, 5) is 34.4. The van der Waals surface area contributed by atoms with E-state index in [-0.39, 0.29) is 0 Å².